The standard InChI is InChI=1S/C34H34N4O4.C15H14O6.Co/c1-7-21-17(3)25-13-26-19(5)23(9-11-33(39)40)31(37-26)16-32-24(10-12-34(41)42)20(6)28(38-32)15-30-22(8-2)18(4)27(36-30)14-29(21)35-25;16-8-4-11(18)9-6-13(20)15(21-14(9)5-8)7-1-2-10(17)12(19)3-7;/h7-8,13-16,35-36H,1-2,9-12H2,3-6H3,(H,39,40)(H,41,42);1-5,13,15-20H,6H2;/q;;+2/p-2. The number of nitrogens with zero attached hydrogens (tertiary/aromatic N) is 2. The molecule has 3 aliphatic heterocycles. The fraction of sp³-hybridized carbons (Fsp3) is 0.224. The van der Waals surface area contributed by atoms with Gasteiger partial charge in [0.05, 0.1) is 28.9 Å². The average Bonchev–Trinajstić information content (AvgIpc) is 3.89. The molecule has 0 amide bonds. The van der Waals surface area contributed by atoms with E-state index < -0.39 is 24.1 Å². The zero-order valence-corrected chi connectivity index (χ0v) is 36.5. The molecule has 1 radical (unpaired) electrons. The van der Waals surface area contributed by atoms with Crippen LogP contribution < -0.4 is 14.9 Å². The van der Waals surface area contributed by atoms with Crippen molar-refractivity contribution < 1.29 is 66.9 Å². The first-order valence-electron chi connectivity index (χ1n) is 20.2. The SMILES string of the molecule is C=Cc1c(C)c2cc3[nH]c(cc4nc(cc5nc(cc1[nH]2)C(C)=C5CCC(=O)[O-])C(CCC(=O)[O-])=C4C)c(C)c3C=C.Oc1cc(O)c2c(c1)OC(c1ccc(O)c(O)c1)C(O)C2.[Co+2]. The number of carbonyl (C=O) groups excluding carboxylic acids is 2. The third-order valence-electron chi connectivity index (χ3n) is 11.7. The van der Waals surface area contributed by atoms with Crippen LogP contribution in [0.2, 0.25) is 0 Å². The molecule has 6 heterocycles. The van der Waals surface area contributed by atoms with E-state index in [4.69, 9.17) is 14.7 Å². The molecule has 3 aromatic heterocycles. The number of aromatic nitrogens is 4. The summed E-state index contributed by atoms with van der Waals surface area (Å²) in [5.74, 6) is -2.88. The predicted octanol–water partition coefficient (Wildman–Crippen LogP) is 6.68. The molecule has 3 aliphatic rings. The number of ether oxygens (including phenoxy) is 1. The van der Waals surface area contributed by atoms with Crippen molar-refractivity contribution in [2.75, 3.05) is 0 Å². The summed E-state index contributed by atoms with van der Waals surface area (Å²) in [7, 11) is 0. The van der Waals surface area contributed by atoms with Gasteiger partial charge in [-0.25, -0.2) is 9.97 Å². The van der Waals surface area contributed by atoms with Crippen molar-refractivity contribution in [3.05, 3.63) is 124 Å². The number of aliphatic carboxylic acids is 2. The van der Waals surface area contributed by atoms with Crippen molar-refractivity contribution in [2.45, 2.75) is 72.0 Å². The molecule has 0 saturated carbocycles. The molecule has 15 heteroatoms. The second kappa shape index (κ2) is 18.7. The summed E-state index contributed by atoms with van der Waals surface area (Å²) >= 11 is 0. The largest absolute Gasteiger partial charge is 2.00 e. The molecular weight excluding hydrogens is 863 g/mol. The Morgan fingerprint density at radius 3 is 1.73 bits per heavy atom. The maximum atomic E-state index is 11.4. The van der Waals surface area contributed by atoms with Gasteiger partial charge in [0.1, 0.15) is 23.4 Å². The normalized spacial score (nSPS) is 15.3. The molecule has 2 unspecified atom stereocenters. The second-order valence-corrected chi connectivity index (χ2v) is 15.7. The quantitative estimate of drug-likeness (QED) is 0.0766. The summed E-state index contributed by atoms with van der Waals surface area (Å²) in [4.78, 5) is 39.7. The molecule has 7 N–H and O–H groups in total. The van der Waals surface area contributed by atoms with Crippen LogP contribution in [0.5, 0.6) is 28.7 Å². The number of phenolic OH excluding ortho intramolecular Hbond substituents is 4. The smallest absolute Gasteiger partial charge is 0.550 e. The van der Waals surface area contributed by atoms with Crippen LogP contribution in [0.25, 0.3) is 56.5 Å². The summed E-state index contributed by atoms with van der Waals surface area (Å²) in [6.45, 7) is 16.0. The van der Waals surface area contributed by atoms with E-state index in [1.54, 1.807) is 6.08 Å². The van der Waals surface area contributed by atoms with E-state index in [0.717, 1.165) is 66.6 Å². The summed E-state index contributed by atoms with van der Waals surface area (Å²) in [6.07, 6.45) is 2.23. The number of aromatic amines is 2. The fourth-order valence-electron chi connectivity index (χ4n) is 8.22. The first kappa shape index (κ1) is 46.4. The van der Waals surface area contributed by atoms with Crippen molar-refractivity contribution in [3.63, 3.8) is 0 Å². The van der Waals surface area contributed by atoms with Crippen molar-refractivity contribution in [2.24, 2.45) is 0 Å². The summed E-state index contributed by atoms with van der Waals surface area (Å²) in [5.41, 5.74) is 14.2. The van der Waals surface area contributed by atoms with E-state index in [1.165, 1.54) is 30.3 Å². The maximum Gasteiger partial charge on any atom is 2.00 e. The number of phenols is 4. The number of rotatable bonds is 9. The van der Waals surface area contributed by atoms with Crippen molar-refractivity contribution in [1.29, 1.82) is 0 Å². The summed E-state index contributed by atoms with van der Waals surface area (Å²) in [5, 5.41) is 71.1. The second-order valence-electron chi connectivity index (χ2n) is 15.7. The molecular formula is C49H46CoN4O10. The Morgan fingerprint density at radius 1 is 0.703 bits per heavy atom. The molecule has 0 aliphatic carbocycles. The van der Waals surface area contributed by atoms with Gasteiger partial charge in [-0.05, 0) is 129 Å². The van der Waals surface area contributed by atoms with Gasteiger partial charge in [0.25, 0.3) is 0 Å². The summed E-state index contributed by atoms with van der Waals surface area (Å²) < 4.78 is 5.62. The minimum absolute atomic E-state index is 0. The number of hydrogen-bond donors (Lipinski definition) is 7. The van der Waals surface area contributed by atoms with Crippen LogP contribution in [0.4, 0.5) is 0 Å². The molecule has 14 nitrogen and oxygen atoms in total. The van der Waals surface area contributed by atoms with Crippen molar-refractivity contribution in [1.82, 2.24) is 19.9 Å². The number of carboxylic acid groups (broad SMARTS) is 2. The van der Waals surface area contributed by atoms with Gasteiger partial charge in [0.2, 0.25) is 0 Å². The Kier molecular flexibility index (Phi) is 13.6. The zero-order chi connectivity index (χ0) is 45.4. The molecule has 0 spiro atoms. The van der Waals surface area contributed by atoms with Crippen LogP contribution in [0.3, 0.4) is 0 Å². The molecule has 8 rings (SSSR count). The van der Waals surface area contributed by atoms with Crippen LogP contribution in [-0.4, -0.2) is 63.5 Å². The Labute approximate surface area is 378 Å². The Bertz CT molecular complexity index is 2980. The van der Waals surface area contributed by atoms with E-state index in [9.17, 15) is 45.3 Å². The number of aromatic hydroxyl groups is 4. The first-order valence-corrected chi connectivity index (χ1v) is 20.2. The van der Waals surface area contributed by atoms with Gasteiger partial charge in [-0.1, -0.05) is 31.4 Å². The van der Waals surface area contributed by atoms with E-state index in [1.807, 2.05) is 58.0 Å². The van der Waals surface area contributed by atoms with Gasteiger partial charge in [-0.15, -0.1) is 0 Å². The zero-order valence-electron chi connectivity index (χ0n) is 35.5. The Hall–Kier alpha value is -7.07. The Morgan fingerprint density at radius 2 is 1.22 bits per heavy atom. The maximum absolute atomic E-state index is 11.4. The minimum Gasteiger partial charge on any atom is -0.550 e. The number of benzene rings is 2. The first-order chi connectivity index (χ1) is 30.0. The number of carbonyl (C=O) groups is 2. The number of nitrogens with one attached hydrogen (secondary N) is 2. The van der Waals surface area contributed by atoms with Gasteiger partial charge in [-0.2, -0.15) is 0 Å². The number of aryl methyl sites for hydroxylation is 2. The number of hydrogen-bond acceptors (Lipinski definition) is 12. The summed E-state index contributed by atoms with van der Waals surface area (Å²) in [6, 6.07) is 14.4. The van der Waals surface area contributed by atoms with Gasteiger partial charge >= 0.3 is 16.8 Å². The topological polar surface area (TPSA) is 248 Å². The molecule has 0 saturated heterocycles. The van der Waals surface area contributed by atoms with E-state index in [2.05, 4.69) is 23.1 Å². The fourth-order valence-corrected chi connectivity index (χ4v) is 8.22. The predicted molar refractivity (Wildman–Crippen MR) is 237 cm³/mol. The minimum atomic E-state index is -1.15. The van der Waals surface area contributed by atoms with Crippen molar-refractivity contribution in [3.8, 4) is 28.7 Å². The molecule has 0 fully saturated rings. The number of fused-ring (bicyclic) bond motifs is 9. The van der Waals surface area contributed by atoms with Gasteiger partial charge in [0.15, 0.2) is 11.5 Å². The van der Waals surface area contributed by atoms with Crippen LogP contribution in [0, 0.1) is 13.8 Å². The van der Waals surface area contributed by atoms with Crippen LogP contribution in [0.15, 0.2) is 67.8 Å². The van der Waals surface area contributed by atoms with Gasteiger partial charge in [-0.3, -0.25) is 0 Å². The molecule has 5 aromatic rings. The molecule has 64 heavy (non-hydrogen) atoms. The molecule has 8 bridgehead atoms. The van der Waals surface area contributed by atoms with Crippen molar-refractivity contribution >= 4 is 68.4 Å². The van der Waals surface area contributed by atoms with E-state index in [-0.39, 0.29) is 77.6 Å². The number of aliphatic hydroxyl groups excluding tert-OH is 1. The van der Waals surface area contributed by atoms with Crippen LogP contribution in [-0.2, 0) is 32.8 Å². The third-order valence-corrected chi connectivity index (χ3v) is 11.7. The third kappa shape index (κ3) is 9.18. The number of allylic oxidation sites excluding steroid dienone is 4. The van der Waals surface area contributed by atoms with Crippen LogP contribution in [0.1, 0.15) is 102 Å². The number of carboxylic acids is 2. The number of aliphatic hydroxyl groups is 1. The van der Waals surface area contributed by atoms with E-state index >= 15 is 0 Å². The number of H-pyrrole nitrogens is 2. The van der Waals surface area contributed by atoms with Gasteiger partial charge < -0.3 is 60.0 Å². The van der Waals surface area contributed by atoms with Gasteiger partial charge in [0, 0.05) is 69.2 Å². The molecule has 2 atom stereocenters. The van der Waals surface area contributed by atoms with E-state index in [0.29, 0.717) is 33.9 Å². The average molecular weight is 910 g/mol. The molecule has 331 valence electrons. The molecule has 2 aromatic carbocycles. The Balaban J connectivity index is 0.000000259. The van der Waals surface area contributed by atoms with Crippen LogP contribution >= 0.6 is 0 Å². The monoisotopic (exact) mass is 909 g/mol.